The fraction of sp³-hybridized carbons (Fsp3) is 0.333. The molecule has 1 saturated heterocycles. The highest BCUT2D eigenvalue weighted by atomic mass is 35.5. The summed E-state index contributed by atoms with van der Waals surface area (Å²) < 4.78 is 0. The zero-order valence-corrected chi connectivity index (χ0v) is 13.2. The number of hydrogen-bond acceptors (Lipinski definition) is 3. The molecule has 1 aliphatic rings. The largest absolute Gasteiger partial charge is 0.326 e. The molecule has 1 aliphatic heterocycles. The molecular formula is C15H19Cl2N3O. The number of aromatic nitrogens is 1. The first-order valence-electron chi connectivity index (χ1n) is 6.66. The van der Waals surface area contributed by atoms with Crippen molar-refractivity contribution in [3.63, 3.8) is 0 Å². The summed E-state index contributed by atoms with van der Waals surface area (Å²) in [5, 5.41) is 7.29. The van der Waals surface area contributed by atoms with E-state index in [9.17, 15) is 4.79 Å². The van der Waals surface area contributed by atoms with Crippen LogP contribution in [0.5, 0.6) is 0 Å². The Morgan fingerprint density at radius 1 is 1.33 bits per heavy atom. The minimum atomic E-state index is 0. The second kappa shape index (κ2) is 8.17. The molecule has 0 saturated carbocycles. The average molecular weight is 328 g/mol. The maximum Gasteiger partial charge on any atom is 0.224 e. The molecule has 0 aliphatic carbocycles. The molecule has 6 heteroatoms. The highest BCUT2D eigenvalue weighted by Crippen LogP contribution is 2.18. The predicted molar refractivity (Wildman–Crippen MR) is 90.5 cm³/mol. The van der Waals surface area contributed by atoms with Crippen LogP contribution in [0.2, 0.25) is 0 Å². The number of anilines is 1. The highest BCUT2D eigenvalue weighted by molar-refractivity contribution is 5.93. The van der Waals surface area contributed by atoms with E-state index in [4.69, 9.17) is 0 Å². The van der Waals surface area contributed by atoms with Crippen molar-refractivity contribution in [1.29, 1.82) is 0 Å². The lowest BCUT2D eigenvalue weighted by Crippen LogP contribution is -2.18. The molecular weight excluding hydrogens is 309 g/mol. The van der Waals surface area contributed by atoms with E-state index in [2.05, 4.69) is 15.6 Å². The zero-order chi connectivity index (χ0) is 13.1. The second-order valence-corrected chi connectivity index (χ2v) is 5.02. The smallest absolute Gasteiger partial charge is 0.224 e. The van der Waals surface area contributed by atoms with Gasteiger partial charge in [-0.05, 0) is 49.7 Å². The summed E-state index contributed by atoms with van der Waals surface area (Å²) >= 11 is 0. The van der Waals surface area contributed by atoms with Gasteiger partial charge in [0.05, 0.1) is 5.52 Å². The first-order valence-corrected chi connectivity index (χ1v) is 6.66. The van der Waals surface area contributed by atoms with Crippen LogP contribution in [-0.2, 0) is 4.79 Å². The van der Waals surface area contributed by atoms with Crippen LogP contribution >= 0.6 is 24.8 Å². The summed E-state index contributed by atoms with van der Waals surface area (Å²) in [4.78, 5) is 16.2. The van der Waals surface area contributed by atoms with Gasteiger partial charge in [-0.2, -0.15) is 0 Å². The van der Waals surface area contributed by atoms with Crippen LogP contribution in [0.3, 0.4) is 0 Å². The van der Waals surface area contributed by atoms with Gasteiger partial charge in [-0.3, -0.25) is 9.78 Å². The lowest BCUT2D eigenvalue weighted by Gasteiger charge is -2.09. The minimum absolute atomic E-state index is 0. The lowest BCUT2D eigenvalue weighted by atomic mass is 10.0. The fourth-order valence-electron chi connectivity index (χ4n) is 2.52. The van der Waals surface area contributed by atoms with Crippen LogP contribution in [0, 0.1) is 5.92 Å². The monoisotopic (exact) mass is 327 g/mol. The van der Waals surface area contributed by atoms with Gasteiger partial charge in [0, 0.05) is 23.7 Å². The summed E-state index contributed by atoms with van der Waals surface area (Å²) in [6.07, 6.45) is 3.46. The van der Waals surface area contributed by atoms with Crippen molar-refractivity contribution in [2.75, 3.05) is 18.4 Å². The summed E-state index contributed by atoms with van der Waals surface area (Å²) in [7, 11) is 0. The van der Waals surface area contributed by atoms with E-state index in [1.54, 1.807) is 6.20 Å². The quantitative estimate of drug-likeness (QED) is 0.911. The summed E-state index contributed by atoms with van der Waals surface area (Å²) in [5.41, 5.74) is 1.79. The lowest BCUT2D eigenvalue weighted by molar-refractivity contribution is -0.116. The van der Waals surface area contributed by atoms with Crippen molar-refractivity contribution >= 4 is 47.3 Å². The van der Waals surface area contributed by atoms with E-state index < -0.39 is 0 Å². The van der Waals surface area contributed by atoms with Gasteiger partial charge < -0.3 is 10.6 Å². The molecule has 3 rings (SSSR count). The first-order chi connectivity index (χ1) is 9.31. The SMILES string of the molecule is Cl.Cl.O=C(CC1CCNC1)Nc1ccc2ncccc2c1. The highest BCUT2D eigenvalue weighted by Gasteiger charge is 2.17. The number of fused-ring (bicyclic) bond motifs is 1. The Balaban J connectivity index is 0.00000110. The third-order valence-electron chi connectivity index (χ3n) is 3.52. The van der Waals surface area contributed by atoms with Gasteiger partial charge in [0.15, 0.2) is 0 Å². The standard InChI is InChI=1S/C15H17N3O.2ClH/c19-15(8-11-5-7-16-10-11)18-13-3-4-14-12(9-13)2-1-6-17-14;;/h1-4,6,9,11,16H,5,7-8,10H2,(H,18,19);2*1H. The van der Waals surface area contributed by atoms with Crippen LogP contribution in [0.4, 0.5) is 5.69 Å². The Morgan fingerprint density at radius 2 is 2.19 bits per heavy atom. The van der Waals surface area contributed by atoms with E-state index in [-0.39, 0.29) is 30.7 Å². The Labute approximate surface area is 136 Å². The summed E-state index contributed by atoms with van der Waals surface area (Å²) in [6, 6.07) is 9.70. The number of carbonyl (C=O) groups is 1. The molecule has 1 unspecified atom stereocenters. The van der Waals surface area contributed by atoms with Crippen LogP contribution in [0.25, 0.3) is 10.9 Å². The maximum absolute atomic E-state index is 11.9. The van der Waals surface area contributed by atoms with Crippen molar-refractivity contribution in [2.24, 2.45) is 5.92 Å². The average Bonchev–Trinajstić information content (AvgIpc) is 2.91. The van der Waals surface area contributed by atoms with Crippen molar-refractivity contribution in [2.45, 2.75) is 12.8 Å². The molecule has 0 spiro atoms. The molecule has 2 heterocycles. The molecule has 0 radical (unpaired) electrons. The van der Waals surface area contributed by atoms with E-state index in [1.165, 1.54) is 0 Å². The number of nitrogens with zero attached hydrogens (tertiary/aromatic N) is 1. The van der Waals surface area contributed by atoms with Crippen LogP contribution in [0.15, 0.2) is 36.5 Å². The molecule has 114 valence electrons. The Morgan fingerprint density at radius 3 is 2.95 bits per heavy atom. The predicted octanol–water partition coefficient (Wildman–Crippen LogP) is 3.02. The zero-order valence-electron chi connectivity index (χ0n) is 11.5. The number of carbonyl (C=O) groups excluding carboxylic acids is 1. The molecule has 1 aromatic carbocycles. The number of amides is 1. The fourth-order valence-corrected chi connectivity index (χ4v) is 2.52. The number of benzene rings is 1. The van der Waals surface area contributed by atoms with Gasteiger partial charge in [-0.25, -0.2) is 0 Å². The third kappa shape index (κ3) is 4.56. The topological polar surface area (TPSA) is 54.0 Å². The van der Waals surface area contributed by atoms with E-state index >= 15 is 0 Å². The summed E-state index contributed by atoms with van der Waals surface area (Å²) in [5.74, 6) is 0.569. The Hall–Kier alpha value is -1.36. The van der Waals surface area contributed by atoms with E-state index in [0.29, 0.717) is 12.3 Å². The molecule has 21 heavy (non-hydrogen) atoms. The molecule has 1 fully saturated rings. The molecule has 2 aromatic rings. The van der Waals surface area contributed by atoms with Crippen molar-refractivity contribution < 1.29 is 4.79 Å². The van der Waals surface area contributed by atoms with E-state index in [1.807, 2.05) is 30.3 Å². The number of hydrogen-bond donors (Lipinski definition) is 2. The van der Waals surface area contributed by atoms with Gasteiger partial charge in [0.25, 0.3) is 0 Å². The Bertz CT molecular complexity index is 600. The molecule has 1 aromatic heterocycles. The number of pyridine rings is 1. The van der Waals surface area contributed by atoms with E-state index in [0.717, 1.165) is 36.1 Å². The van der Waals surface area contributed by atoms with Gasteiger partial charge in [0.1, 0.15) is 0 Å². The van der Waals surface area contributed by atoms with Crippen molar-refractivity contribution in [1.82, 2.24) is 10.3 Å². The number of nitrogens with one attached hydrogen (secondary N) is 2. The van der Waals surface area contributed by atoms with Crippen LogP contribution in [0.1, 0.15) is 12.8 Å². The van der Waals surface area contributed by atoms with Gasteiger partial charge in [-0.1, -0.05) is 6.07 Å². The molecule has 1 amide bonds. The number of halogens is 2. The van der Waals surface area contributed by atoms with Crippen LogP contribution < -0.4 is 10.6 Å². The molecule has 1 atom stereocenters. The first kappa shape index (κ1) is 17.7. The molecule has 4 nitrogen and oxygen atoms in total. The normalized spacial score (nSPS) is 16.9. The second-order valence-electron chi connectivity index (χ2n) is 5.02. The van der Waals surface area contributed by atoms with Crippen molar-refractivity contribution in [3.8, 4) is 0 Å². The van der Waals surface area contributed by atoms with Gasteiger partial charge in [-0.15, -0.1) is 24.8 Å². The van der Waals surface area contributed by atoms with Crippen LogP contribution in [-0.4, -0.2) is 24.0 Å². The molecule has 0 bridgehead atoms. The van der Waals surface area contributed by atoms with Gasteiger partial charge in [0.2, 0.25) is 5.91 Å². The Kier molecular flexibility index (Phi) is 6.89. The minimum Gasteiger partial charge on any atom is -0.326 e. The summed E-state index contributed by atoms with van der Waals surface area (Å²) in [6.45, 7) is 1.98. The number of rotatable bonds is 3. The maximum atomic E-state index is 11.9. The molecule has 2 N–H and O–H groups in total. The third-order valence-corrected chi connectivity index (χ3v) is 3.52. The van der Waals surface area contributed by atoms with Gasteiger partial charge >= 0.3 is 0 Å². The van der Waals surface area contributed by atoms with Crippen molar-refractivity contribution in [3.05, 3.63) is 36.5 Å².